The quantitative estimate of drug-likeness (QED) is 0.910. The zero-order valence-corrected chi connectivity index (χ0v) is 12.8. The molecule has 2 aliphatic rings. The molecule has 0 saturated carbocycles. The number of nitrogens with zero attached hydrogens (tertiary/aromatic N) is 1. The third-order valence-electron chi connectivity index (χ3n) is 4.35. The van der Waals surface area contributed by atoms with Gasteiger partial charge in [0.05, 0.1) is 0 Å². The number of ether oxygens (including phenoxy) is 1. The van der Waals surface area contributed by atoms with Crippen LogP contribution >= 0.6 is 11.3 Å². The second-order valence-corrected chi connectivity index (χ2v) is 6.64. The molecule has 3 heterocycles. The first kappa shape index (κ1) is 13.7. The van der Waals surface area contributed by atoms with Crippen LogP contribution in [0.2, 0.25) is 0 Å². The van der Waals surface area contributed by atoms with Gasteiger partial charge in [-0.2, -0.15) is 0 Å². The first-order valence-corrected chi connectivity index (χ1v) is 8.40. The number of fused-ring (bicyclic) bond motifs is 2. The molecule has 22 heavy (non-hydrogen) atoms. The molecule has 6 heteroatoms. The molecule has 0 radical (unpaired) electrons. The number of hydrogen-bond acceptors (Lipinski definition) is 5. The molecule has 2 fully saturated rings. The van der Waals surface area contributed by atoms with Gasteiger partial charge in [-0.25, -0.2) is 4.98 Å². The van der Waals surface area contributed by atoms with E-state index in [1.807, 2.05) is 5.38 Å². The number of benzene rings is 1. The highest BCUT2D eigenvalue weighted by atomic mass is 32.1. The molecule has 2 aromatic rings. The molecule has 0 aliphatic carbocycles. The van der Waals surface area contributed by atoms with E-state index in [2.05, 4.69) is 15.6 Å². The van der Waals surface area contributed by atoms with Crippen molar-refractivity contribution < 1.29 is 9.53 Å². The van der Waals surface area contributed by atoms with E-state index in [9.17, 15) is 4.79 Å². The maximum atomic E-state index is 12.3. The lowest BCUT2D eigenvalue weighted by Gasteiger charge is -2.21. The Hall–Kier alpha value is -1.92. The summed E-state index contributed by atoms with van der Waals surface area (Å²) in [4.78, 5) is 16.4. The van der Waals surface area contributed by atoms with Crippen LogP contribution in [0.5, 0.6) is 10.9 Å². The van der Waals surface area contributed by atoms with Crippen LogP contribution < -0.4 is 15.4 Å². The minimum Gasteiger partial charge on any atom is -0.431 e. The van der Waals surface area contributed by atoms with Crippen LogP contribution in [0.25, 0.3) is 0 Å². The molecule has 1 amide bonds. The average molecular weight is 315 g/mol. The van der Waals surface area contributed by atoms with Crippen molar-refractivity contribution in [2.24, 2.45) is 0 Å². The number of rotatable bonds is 4. The lowest BCUT2D eigenvalue weighted by Crippen LogP contribution is -2.42. The van der Waals surface area contributed by atoms with E-state index in [1.54, 1.807) is 30.5 Å². The highest BCUT2D eigenvalue weighted by molar-refractivity contribution is 7.11. The fourth-order valence-electron chi connectivity index (χ4n) is 3.27. The van der Waals surface area contributed by atoms with Crippen LogP contribution in [-0.2, 0) is 0 Å². The van der Waals surface area contributed by atoms with E-state index in [-0.39, 0.29) is 11.9 Å². The monoisotopic (exact) mass is 315 g/mol. The maximum absolute atomic E-state index is 12.3. The Morgan fingerprint density at radius 1 is 1.32 bits per heavy atom. The zero-order chi connectivity index (χ0) is 14.9. The Balaban J connectivity index is 1.38. The van der Waals surface area contributed by atoms with Crippen molar-refractivity contribution in [1.29, 1.82) is 0 Å². The van der Waals surface area contributed by atoms with Crippen LogP contribution in [-0.4, -0.2) is 29.0 Å². The summed E-state index contributed by atoms with van der Waals surface area (Å²) in [6, 6.07) is 8.48. The number of carbonyl (C=O) groups excluding carboxylic acids is 1. The standard InChI is InChI=1S/C16H17N3O2S/c20-15(19-14-9-11-3-6-13(14)18-11)10-1-4-12(5-2-10)21-16-17-7-8-22-16/h1-2,4-5,7-8,11,13-14,18H,3,6,9H2,(H,19,20). The van der Waals surface area contributed by atoms with E-state index in [1.165, 1.54) is 17.8 Å². The van der Waals surface area contributed by atoms with Crippen molar-refractivity contribution in [2.75, 3.05) is 0 Å². The summed E-state index contributed by atoms with van der Waals surface area (Å²) in [6.45, 7) is 0. The summed E-state index contributed by atoms with van der Waals surface area (Å²) in [7, 11) is 0. The first-order chi connectivity index (χ1) is 10.8. The largest absolute Gasteiger partial charge is 0.431 e. The molecule has 2 saturated heterocycles. The second-order valence-electron chi connectivity index (χ2n) is 5.79. The number of aromatic nitrogens is 1. The number of hydrogen-bond donors (Lipinski definition) is 2. The first-order valence-electron chi connectivity index (χ1n) is 7.52. The topological polar surface area (TPSA) is 63.2 Å². The van der Waals surface area contributed by atoms with Gasteiger partial charge in [0.15, 0.2) is 0 Å². The average Bonchev–Trinajstić information content (AvgIpc) is 3.25. The highest BCUT2D eigenvalue weighted by Gasteiger charge is 2.39. The Morgan fingerprint density at radius 3 is 2.82 bits per heavy atom. The second kappa shape index (κ2) is 5.70. The molecule has 2 aliphatic heterocycles. The molecular formula is C16H17N3O2S. The van der Waals surface area contributed by atoms with Gasteiger partial charge in [-0.15, -0.1) is 0 Å². The van der Waals surface area contributed by atoms with Crippen molar-refractivity contribution in [3.63, 3.8) is 0 Å². The minimum absolute atomic E-state index is 0.0138. The van der Waals surface area contributed by atoms with Gasteiger partial charge in [0.25, 0.3) is 11.1 Å². The minimum atomic E-state index is -0.0138. The van der Waals surface area contributed by atoms with Gasteiger partial charge in [0.1, 0.15) is 5.75 Å². The molecule has 3 unspecified atom stereocenters. The molecule has 2 bridgehead atoms. The van der Waals surface area contributed by atoms with Gasteiger partial charge < -0.3 is 15.4 Å². The van der Waals surface area contributed by atoms with Crippen molar-refractivity contribution in [2.45, 2.75) is 37.4 Å². The van der Waals surface area contributed by atoms with Crippen LogP contribution in [0.3, 0.4) is 0 Å². The van der Waals surface area contributed by atoms with E-state index < -0.39 is 0 Å². The van der Waals surface area contributed by atoms with Gasteiger partial charge in [-0.05, 0) is 43.5 Å². The van der Waals surface area contributed by atoms with E-state index in [0.29, 0.717) is 28.6 Å². The van der Waals surface area contributed by atoms with Gasteiger partial charge in [-0.3, -0.25) is 4.79 Å². The number of amides is 1. The van der Waals surface area contributed by atoms with Crippen LogP contribution in [0.1, 0.15) is 29.6 Å². The Morgan fingerprint density at radius 2 is 2.18 bits per heavy atom. The van der Waals surface area contributed by atoms with Gasteiger partial charge in [0.2, 0.25) is 0 Å². The fraction of sp³-hybridized carbons (Fsp3) is 0.375. The predicted octanol–water partition coefficient (Wildman–Crippen LogP) is 2.56. The summed E-state index contributed by atoms with van der Waals surface area (Å²) in [5.74, 6) is 0.674. The molecule has 0 spiro atoms. The number of carbonyl (C=O) groups is 1. The molecule has 2 N–H and O–H groups in total. The molecule has 1 aromatic heterocycles. The predicted molar refractivity (Wildman–Crippen MR) is 84.4 cm³/mol. The Kier molecular flexibility index (Phi) is 3.56. The SMILES string of the molecule is O=C(NC1CC2CCC1N2)c1ccc(Oc2nccs2)cc1. The van der Waals surface area contributed by atoms with Crippen molar-refractivity contribution in [1.82, 2.24) is 15.6 Å². The zero-order valence-electron chi connectivity index (χ0n) is 12.0. The van der Waals surface area contributed by atoms with E-state index in [4.69, 9.17) is 4.74 Å². The Bertz CT molecular complexity index is 657. The van der Waals surface area contributed by atoms with Crippen molar-refractivity contribution in [3.8, 4) is 10.9 Å². The number of thiazole rings is 1. The lowest BCUT2D eigenvalue weighted by atomic mass is 9.95. The summed E-state index contributed by atoms with van der Waals surface area (Å²) in [5.41, 5.74) is 0.661. The van der Waals surface area contributed by atoms with Gasteiger partial charge in [0, 0.05) is 35.3 Å². The maximum Gasteiger partial charge on any atom is 0.278 e. The highest BCUT2D eigenvalue weighted by Crippen LogP contribution is 2.28. The molecule has 5 nitrogen and oxygen atoms in total. The molecule has 114 valence electrons. The van der Waals surface area contributed by atoms with Crippen LogP contribution in [0.15, 0.2) is 35.8 Å². The smallest absolute Gasteiger partial charge is 0.278 e. The summed E-state index contributed by atoms with van der Waals surface area (Å²) >= 11 is 1.44. The number of nitrogens with one attached hydrogen (secondary N) is 2. The molecule has 4 rings (SSSR count). The Labute approximate surface area is 132 Å². The van der Waals surface area contributed by atoms with Crippen molar-refractivity contribution in [3.05, 3.63) is 41.4 Å². The lowest BCUT2D eigenvalue weighted by molar-refractivity contribution is 0.0931. The molecular weight excluding hydrogens is 298 g/mol. The normalized spacial score (nSPS) is 26.1. The van der Waals surface area contributed by atoms with Crippen LogP contribution in [0.4, 0.5) is 0 Å². The summed E-state index contributed by atoms with van der Waals surface area (Å²) < 4.78 is 5.59. The third kappa shape index (κ3) is 2.71. The van der Waals surface area contributed by atoms with E-state index >= 15 is 0 Å². The van der Waals surface area contributed by atoms with Crippen LogP contribution in [0, 0.1) is 0 Å². The summed E-state index contributed by atoms with van der Waals surface area (Å²) in [6.07, 6.45) is 5.14. The fourth-order valence-corrected chi connectivity index (χ4v) is 3.78. The molecule has 3 atom stereocenters. The van der Waals surface area contributed by atoms with Crippen molar-refractivity contribution >= 4 is 17.2 Å². The molecule has 1 aromatic carbocycles. The van der Waals surface area contributed by atoms with Gasteiger partial charge in [-0.1, -0.05) is 11.3 Å². The van der Waals surface area contributed by atoms with Gasteiger partial charge >= 0.3 is 0 Å². The van der Waals surface area contributed by atoms with E-state index in [0.717, 1.165) is 12.8 Å². The summed E-state index contributed by atoms with van der Waals surface area (Å²) in [5, 5.41) is 9.13. The third-order valence-corrected chi connectivity index (χ3v) is 5.00.